The zero-order chi connectivity index (χ0) is 21.0. The Labute approximate surface area is 171 Å². The molecule has 5 aromatic rings. The van der Waals surface area contributed by atoms with Crippen LogP contribution in [-0.4, -0.2) is 14.1 Å². The number of aromatic amines is 1. The van der Waals surface area contributed by atoms with E-state index in [1.165, 1.54) is 12.1 Å². The summed E-state index contributed by atoms with van der Waals surface area (Å²) in [4.78, 5) is 15.4. The highest BCUT2D eigenvalue weighted by Crippen LogP contribution is 2.31. The van der Waals surface area contributed by atoms with Crippen molar-refractivity contribution in [1.82, 2.24) is 14.1 Å². The molecule has 3 heterocycles. The van der Waals surface area contributed by atoms with Crippen molar-refractivity contribution < 1.29 is 8.78 Å². The van der Waals surface area contributed by atoms with Crippen molar-refractivity contribution in [1.29, 1.82) is 0 Å². The SMILES string of the molecule is Cc1cn(Cc2cc(F)cc(F)c2)c2cc(-c3cn(C)c(=O)c4[nH]ccc34)ccc12. The molecule has 2 aromatic carbocycles. The Hall–Kier alpha value is -3.67. The van der Waals surface area contributed by atoms with Gasteiger partial charge in [-0.15, -0.1) is 0 Å². The lowest BCUT2D eigenvalue weighted by atomic mass is 10.0. The van der Waals surface area contributed by atoms with Crippen molar-refractivity contribution in [3.8, 4) is 11.1 Å². The van der Waals surface area contributed by atoms with Gasteiger partial charge in [-0.1, -0.05) is 12.1 Å². The van der Waals surface area contributed by atoms with Gasteiger partial charge in [0, 0.05) is 60.1 Å². The largest absolute Gasteiger partial charge is 0.357 e. The van der Waals surface area contributed by atoms with Crippen LogP contribution in [0.5, 0.6) is 0 Å². The summed E-state index contributed by atoms with van der Waals surface area (Å²) in [5.41, 5.74) is 5.01. The van der Waals surface area contributed by atoms with Gasteiger partial charge in [-0.2, -0.15) is 0 Å². The molecule has 0 saturated carbocycles. The van der Waals surface area contributed by atoms with E-state index in [9.17, 15) is 13.6 Å². The molecule has 4 nitrogen and oxygen atoms in total. The van der Waals surface area contributed by atoms with Gasteiger partial charge < -0.3 is 14.1 Å². The van der Waals surface area contributed by atoms with E-state index in [0.717, 1.165) is 39.0 Å². The average Bonchev–Trinajstić information content (AvgIpc) is 3.29. The minimum Gasteiger partial charge on any atom is -0.357 e. The summed E-state index contributed by atoms with van der Waals surface area (Å²) in [6, 6.07) is 11.6. The third-order valence-corrected chi connectivity index (χ3v) is 5.56. The van der Waals surface area contributed by atoms with E-state index in [0.29, 0.717) is 17.6 Å². The molecule has 0 aliphatic carbocycles. The van der Waals surface area contributed by atoms with Crippen LogP contribution in [0.1, 0.15) is 11.1 Å². The zero-order valence-corrected chi connectivity index (χ0v) is 16.5. The van der Waals surface area contributed by atoms with Gasteiger partial charge in [0.2, 0.25) is 0 Å². The van der Waals surface area contributed by atoms with Gasteiger partial charge in [0.25, 0.3) is 5.56 Å². The average molecular weight is 403 g/mol. The van der Waals surface area contributed by atoms with Crippen LogP contribution in [0, 0.1) is 18.6 Å². The van der Waals surface area contributed by atoms with E-state index in [1.54, 1.807) is 17.8 Å². The van der Waals surface area contributed by atoms with Gasteiger partial charge in [-0.3, -0.25) is 4.79 Å². The van der Waals surface area contributed by atoms with Crippen LogP contribution in [0.4, 0.5) is 8.78 Å². The van der Waals surface area contributed by atoms with Crippen molar-refractivity contribution >= 4 is 21.8 Å². The molecule has 30 heavy (non-hydrogen) atoms. The molecule has 0 unspecified atom stereocenters. The molecule has 150 valence electrons. The van der Waals surface area contributed by atoms with Crippen molar-refractivity contribution in [3.05, 3.63) is 94.2 Å². The molecule has 0 saturated heterocycles. The summed E-state index contributed by atoms with van der Waals surface area (Å²) in [5, 5.41) is 1.94. The highest BCUT2D eigenvalue weighted by atomic mass is 19.1. The van der Waals surface area contributed by atoms with Crippen LogP contribution in [0.25, 0.3) is 32.9 Å². The second-order valence-corrected chi connectivity index (χ2v) is 7.67. The molecule has 0 amide bonds. The van der Waals surface area contributed by atoms with Gasteiger partial charge >= 0.3 is 0 Å². The predicted molar refractivity (Wildman–Crippen MR) is 115 cm³/mol. The van der Waals surface area contributed by atoms with Crippen LogP contribution in [0.3, 0.4) is 0 Å². The number of hydrogen-bond donors (Lipinski definition) is 1. The standard InChI is InChI=1S/C24H19F2N3O/c1-14-11-29(12-15-7-17(25)10-18(26)8-15)22-9-16(3-4-19(14)22)21-13-28(2)24(30)23-20(21)5-6-27-23/h3-11,13,27H,12H2,1-2H3. The Morgan fingerprint density at radius 2 is 1.73 bits per heavy atom. The summed E-state index contributed by atoms with van der Waals surface area (Å²) in [6.07, 6.45) is 5.59. The highest BCUT2D eigenvalue weighted by Gasteiger charge is 2.13. The minimum absolute atomic E-state index is 0.0767. The number of pyridine rings is 1. The first-order valence-corrected chi connectivity index (χ1v) is 9.62. The monoisotopic (exact) mass is 403 g/mol. The number of aromatic nitrogens is 3. The summed E-state index contributed by atoms with van der Waals surface area (Å²) < 4.78 is 30.9. The molecular weight excluding hydrogens is 384 g/mol. The number of halogens is 2. The number of benzene rings is 2. The molecule has 0 aliphatic rings. The van der Waals surface area contributed by atoms with Crippen LogP contribution in [-0.2, 0) is 13.6 Å². The molecule has 0 atom stereocenters. The molecule has 0 fully saturated rings. The molecule has 0 spiro atoms. The number of fused-ring (bicyclic) bond motifs is 2. The summed E-state index contributed by atoms with van der Waals surface area (Å²) >= 11 is 0. The number of nitrogens with one attached hydrogen (secondary N) is 1. The Balaban J connectivity index is 1.68. The second-order valence-electron chi connectivity index (χ2n) is 7.67. The summed E-state index contributed by atoms with van der Waals surface area (Å²) in [7, 11) is 1.73. The fourth-order valence-electron chi connectivity index (χ4n) is 4.17. The lowest BCUT2D eigenvalue weighted by molar-refractivity contribution is 0.578. The molecule has 5 rings (SSSR count). The topological polar surface area (TPSA) is 42.7 Å². The van der Waals surface area contributed by atoms with Crippen LogP contribution < -0.4 is 5.56 Å². The number of hydrogen-bond acceptors (Lipinski definition) is 1. The van der Waals surface area contributed by atoms with Crippen molar-refractivity contribution in [2.45, 2.75) is 13.5 Å². The van der Waals surface area contributed by atoms with Crippen LogP contribution >= 0.6 is 0 Å². The third-order valence-electron chi connectivity index (χ3n) is 5.56. The van der Waals surface area contributed by atoms with Crippen molar-refractivity contribution in [2.75, 3.05) is 0 Å². The lowest BCUT2D eigenvalue weighted by Gasteiger charge is -2.10. The number of rotatable bonds is 3. The van der Waals surface area contributed by atoms with E-state index >= 15 is 0 Å². The number of nitrogens with zero attached hydrogens (tertiary/aromatic N) is 2. The smallest absolute Gasteiger partial charge is 0.274 e. The van der Waals surface area contributed by atoms with E-state index < -0.39 is 11.6 Å². The first kappa shape index (κ1) is 18.4. The Morgan fingerprint density at radius 1 is 0.967 bits per heavy atom. The molecule has 3 aromatic heterocycles. The molecular formula is C24H19F2N3O. The van der Waals surface area contributed by atoms with E-state index in [-0.39, 0.29) is 5.56 Å². The zero-order valence-electron chi connectivity index (χ0n) is 16.5. The molecule has 6 heteroatoms. The van der Waals surface area contributed by atoms with E-state index in [1.807, 2.05) is 42.1 Å². The minimum atomic E-state index is -0.584. The summed E-state index contributed by atoms with van der Waals surface area (Å²) in [5.74, 6) is -1.17. The fourth-order valence-corrected chi connectivity index (χ4v) is 4.17. The molecule has 1 N–H and O–H groups in total. The van der Waals surface area contributed by atoms with Gasteiger partial charge in [-0.05, 0) is 47.9 Å². The van der Waals surface area contributed by atoms with Crippen LogP contribution in [0.2, 0.25) is 0 Å². The quantitative estimate of drug-likeness (QED) is 0.446. The number of aryl methyl sites for hydroxylation is 2. The Kier molecular flexibility index (Phi) is 4.10. The molecule has 0 radical (unpaired) electrons. The summed E-state index contributed by atoms with van der Waals surface area (Å²) in [6.45, 7) is 2.37. The molecule has 0 bridgehead atoms. The maximum absolute atomic E-state index is 13.6. The first-order valence-electron chi connectivity index (χ1n) is 9.62. The highest BCUT2D eigenvalue weighted by molar-refractivity contribution is 5.97. The first-order chi connectivity index (χ1) is 14.4. The lowest BCUT2D eigenvalue weighted by Crippen LogP contribution is -2.16. The number of H-pyrrole nitrogens is 1. The van der Waals surface area contributed by atoms with Gasteiger partial charge in [0.1, 0.15) is 17.2 Å². The maximum Gasteiger partial charge on any atom is 0.274 e. The molecule has 0 aliphatic heterocycles. The Bertz CT molecular complexity index is 1470. The third kappa shape index (κ3) is 2.92. The maximum atomic E-state index is 13.6. The second kappa shape index (κ2) is 6.69. The van der Waals surface area contributed by atoms with Gasteiger partial charge in [0.05, 0.1) is 0 Å². The van der Waals surface area contributed by atoms with Crippen molar-refractivity contribution in [2.24, 2.45) is 7.05 Å². The van der Waals surface area contributed by atoms with E-state index in [2.05, 4.69) is 11.1 Å². The van der Waals surface area contributed by atoms with Gasteiger partial charge in [0.15, 0.2) is 0 Å². The Morgan fingerprint density at radius 3 is 2.50 bits per heavy atom. The van der Waals surface area contributed by atoms with Crippen molar-refractivity contribution in [3.63, 3.8) is 0 Å². The van der Waals surface area contributed by atoms with Gasteiger partial charge in [-0.25, -0.2) is 8.78 Å². The predicted octanol–water partition coefficient (Wildman–Crippen LogP) is 5.12. The fraction of sp³-hybridized carbons (Fsp3) is 0.125. The normalized spacial score (nSPS) is 11.6. The van der Waals surface area contributed by atoms with E-state index in [4.69, 9.17) is 0 Å². The van der Waals surface area contributed by atoms with Crippen LogP contribution in [0.15, 0.2) is 65.8 Å².